The summed E-state index contributed by atoms with van der Waals surface area (Å²) in [6.07, 6.45) is -2.02. The average molecular weight is 527 g/mol. The SMILES string of the molecule is COc1ccc(C(=O)C(OC(=O)C2(C(N)=O)CCN(C(=O)OC(C)(C)C)CC2)c2ccc(OC)cc2)cc1. The molecule has 1 saturated heterocycles. The lowest BCUT2D eigenvalue weighted by Crippen LogP contribution is -2.54. The smallest absolute Gasteiger partial charge is 0.410 e. The molecule has 2 aromatic carbocycles. The van der Waals surface area contributed by atoms with Gasteiger partial charge in [0, 0.05) is 24.2 Å². The predicted octanol–water partition coefficient (Wildman–Crippen LogP) is 3.67. The van der Waals surface area contributed by atoms with Crippen LogP contribution in [0, 0.1) is 5.41 Å². The molecule has 0 aliphatic carbocycles. The second-order valence-electron chi connectivity index (χ2n) is 10.1. The molecule has 2 amide bonds. The second kappa shape index (κ2) is 11.5. The number of Topliss-reactive ketones (excluding diaryl/α,β-unsaturated/α-hetero) is 1. The van der Waals surface area contributed by atoms with Crippen LogP contribution < -0.4 is 15.2 Å². The van der Waals surface area contributed by atoms with E-state index >= 15 is 0 Å². The van der Waals surface area contributed by atoms with Crippen molar-refractivity contribution in [2.24, 2.45) is 11.1 Å². The molecule has 1 fully saturated rings. The molecule has 204 valence electrons. The molecular formula is C28H34N2O8. The zero-order valence-electron chi connectivity index (χ0n) is 22.3. The number of methoxy groups -OCH3 is 2. The summed E-state index contributed by atoms with van der Waals surface area (Å²) < 4.78 is 21.5. The Bertz CT molecular complexity index is 1160. The maximum Gasteiger partial charge on any atom is 0.410 e. The number of nitrogens with two attached hydrogens (primary N) is 1. The van der Waals surface area contributed by atoms with E-state index in [-0.39, 0.29) is 31.5 Å². The average Bonchev–Trinajstić information content (AvgIpc) is 2.90. The number of likely N-dealkylation sites (tertiary alicyclic amines) is 1. The van der Waals surface area contributed by atoms with Gasteiger partial charge in [0.1, 0.15) is 22.5 Å². The van der Waals surface area contributed by atoms with Crippen LogP contribution in [0.25, 0.3) is 0 Å². The van der Waals surface area contributed by atoms with Crippen molar-refractivity contribution < 1.29 is 38.1 Å². The van der Waals surface area contributed by atoms with Crippen LogP contribution in [0.3, 0.4) is 0 Å². The van der Waals surface area contributed by atoms with Crippen LogP contribution in [-0.4, -0.2) is 61.6 Å². The monoisotopic (exact) mass is 526 g/mol. The van der Waals surface area contributed by atoms with Gasteiger partial charge in [-0.1, -0.05) is 12.1 Å². The fourth-order valence-corrected chi connectivity index (χ4v) is 4.13. The van der Waals surface area contributed by atoms with Crippen LogP contribution in [0.5, 0.6) is 11.5 Å². The topological polar surface area (TPSA) is 134 Å². The van der Waals surface area contributed by atoms with E-state index in [0.29, 0.717) is 17.1 Å². The van der Waals surface area contributed by atoms with Crippen molar-refractivity contribution in [1.82, 2.24) is 4.90 Å². The van der Waals surface area contributed by atoms with Crippen LogP contribution >= 0.6 is 0 Å². The van der Waals surface area contributed by atoms with Crippen LogP contribution in [0.2, 0.25) is 0 Å². The minimum absolute atomic E-state index is 0.0621. The Kier molecular flexibility index (Phi) is 8.65. The Hall–Kier alpha value is -4.08. The molecule has 10 heteroatoms. The third-order valence-corrected chi connectivity index (χ3v) is 6.39. The highest BCUT2D eigenvalue weighted by Gasteiger charge is 2.50. The van der Waals surface area contributed by atoms with Crippen LogP contribution in [0.4, 0.5) is 4.79 Å². The molecule has 0 radical (unpaired) electrons. The quantitative estimate of drug-likeness (QED) is 0.313. The summed E-state index contributed by atoms with van der Waals surface area (Å²) in [5, 5.41) is 0. The van der Waals surface area contributed by atoms with E-state index in [1.165, 1.54) is 19.1 Å². The maximum absolute atomic E-state index is 13.6. The van der Waals surface area contributed by atoms with Crippen molar-refractivity contribution in [3.8, 4) is 11.5 Å². The van der Waals surface area contributed by atoms with Gasteiger partial charge in [-0.25, -0.2) is 4.79 Å². The summed E-state index contributed by atoms with van der Waals surface area (Å²) in [6, 6.07) is 12.9. The highest BCUT2D eigenvalue weighted by Crippen LogP contribution is 2.36. The van der Waals surface area contributed by atoms with Gasteiger partial charge in [-0.3, -0.25) is 14.4 Å². The standard InChI is InChI=1S/C28H34N2O8/c1-27(2,3)38-26(34)30-16-14-28(15-17-30,24(29)32)25(33)37-23(19-8-12-21(36-5)13-9-19)22(31)18-6-10-20(35-4)11-7-18/h6-13,23H,14-17H2,1-5H3,(H2,29,32). The molecule has 3 rings (SSSR count). The molecule has 0 bridgehead atoms. The summed E-state index contributed by atoms with van der Waals surface area (Å²) in [5.41, 5.74) is 3.99. The first kappa shape index (κ1) is 28.5. The second-order valence-corrected chi connectivity index (χ2v) is 10.1. The number of esters is 1. The molecule has 1 aliphatic rings. The highest BCUT2D eigenvalue weighted by molar-refractivity contribution is 6.05. The Morgan fingerprint density at radius 2 is 1.37 bits per heavy atom. The first-order valence-electron chi connectivity index (χ1n) is 12.2. The van der Waals surface area contributed by atoms with E-state index in [0.717, 1.165) is 0 Å². The number of ketones is 1. The van der Waals surface area contributed by atoms with Crippen molar-refractivity contribution in [3.05, 3.63) is 59.7 Å². The Morgan fingerprint density at radius 1 is 0.868 bits per heavy atom. The van der Waals surface area contributed by atoms with E-state index in [2.05, 4.69) is 0 Å². The van der Waals surface area contributed by atoms with Gasteiger partial charge < -0.3 is 29.6 Å². The first-order chi connectivity index (χ1) is 17.9. The van der Waals surface area contributed by atoms with E-state index in [1.54, 1.807) is 69.3 Å². The molecule has 2 N–H and O–H groups in total. The third kappa shape index (κ3) is 6.42. The summed E-state index contributed by atoms with van der Waals surface area (Å²) in [6.45, 7) is 5.37. The normalized spacial score (nSPS) is 15.7. The van der Waals surface area contributed by atoms with Gasteiger partial charge >= 0.3 is 12.1 Å². The van der Waals surface area contributed by atoms with Crippen LogP contribution in [0.1, 0.15) is 55.6 Å². The third-order valence-electron chi connectivity index (χ3n) is 6.39. The molecule has 1 aliphatic heterocycles. The van der Waals surface area contributed by atoms with Gasteiger partial charge in [-0.05, 0) is 70.0 Å². The molecule has 10 nitrogen and oxygen atoms in total. The Labute approximate surface area is 222 Å². The number of piperidine rings is 1. The van der Waals surface area contributed by atoms with Gasteiger partial charge in [0.05, 0.1) is 14.2 Å². The van der Waals surface area contributed by atoms with Crippen molar-refractivity contribution >= 4 is 23.8 Å². The van der Waals surface area contributed by atoms with Crippen molar-refractivity contribution in [2.45, 2.75) is 45.3 Å². The number of primary amides is 1. The number of hydrogen-bond acceptors (Lipinski definition) is 8. The molecule has 0 saturated carbocycles. The van der Waals surface area contributed by atoms with E-state index in [1.807, 2.05) is 0 Å². The zero-order chi connectivity index (χ0) is 28.1. The van der Waals surface area contributed by atoms with Gasteiger partial charge in [0.2, 0.25) is 11.7 Å². The lowest BCUT2D eigenvalue weighted by Gasteiger charge is -2.38. The lowest BCUT2D eigenvalue weighted by atomic mass is 9.77. The molecule has 0 aromatic heterocycles. The predicted molar refractivity (Wildman–Crippen MR) is 138 cm³/mol. The summed E-state index contributed by atoms with van der Waals surface area (Å²) >= 11 is 0. The van der Waals surface area contributed by atoms with Crippen molar-refractivity contribution in [2.75, 3.05) is 27.3 Å². The van der Waals surface area contributed by atoms with Crippen LogP contribution in [-0.2, 0) is 19.1 Å². The van der Waals surface area contributed by atoms with Gasteiger partial charge in [0.15, 0.2) is 6.10 Å². The fraction of sp³-hybridized carbons (Fsp3) is 0.429. The number of carbonyl (C=O) groups is 4. The number of carbonyl (C=O) groups excluding carboxylic acids is 4. The largest absolute Gasteiger partial charge is 0.497 e. The van der Waals surface area contributed by atoms with E-state index in [4.69, 9.17) is 24.7 Å². The molecule has 0 spiro atoms. The number of benzene rings is 2. The number of rotatable bonds is 8. The minimum Gasteiger partial charge on any atom is -0.497 e. The van der Waals surface area contributed by atoms with Gasteiger partial charge in [0.25, 0.3) is 0 Å². The minimum atomic E-state index is -1.70. The molecular weight excluding hydrogens is 492 g/mol. The Balaban J connectivity index is 1.87. The summed E-state index contributed by atoms with van der Waals surface area (Å²) in [5.74, 6) is -1.17. The summed E-state index contributed by atoms with van der Waals surface area (Å²) in [7, 11) is 3.02. The molecule has 2 aromatic rings. The summed E-state index contributed by atoms with van der Waals surface area (Å²) in [4.78, 5) is 53.6. The van der Waals surface area contributed by atoms with Crippen LogP contribution in [0.15, 0.2) is 48.5 Å². The Morgan fingerprint density at radius 3 is 1.82 bits per heavy atom. The number of ether oxygens (including phenoxy) is 4. The number of amides is 2. The fourth-order valence-electron chi connectivity index (χ4n) is 4.13. The van der Waals surface area contributed by atoms with Gasteiger partial charge in [-0.15, -0.1) is 0 Å². The number of nitrogens with zero attached hydrogens (tertiary/aromatic N) is 1. The van der Waals surface area contributed by atoms with Crippen molar-refractivity contribution in [1.29, 1.82) is 0 Å². The lowest BCUT2D eigenvalue weighted by molar-refractivity contribution is -0.167. The number of hydrogen-bond donors (Lipinski definition) is 1. The molecule has 38 heavy (non-hydrogen) atoms. The molecule has 1 unspecified atom stereocenters. The van der Waals surface area contributed by atoms with Gasteiger partial charge in [-0.2, -0.15) is 0 Å². The van der Waals surface area contributed by atoms with E-state index in [9.17, 15) is 19.2 Å². The van der Waals surface area contributed by atoms with E-state index < -0.39 is 40.9 Å². The molecule has 1 heterocycles. The first-order valence-corrected chi connectivity index (χ1v) is 12.2. The maximum atomic E-state index is 13.6. The highest BCUT2D eigenvalue weighted by atomic mass is 16.6. The van der Waals surface area contributed by atoms with Crippen molar-refractivity contribution in [3.63, 3.8) is 0 Å². The zero-order valence-corrected chi connectivity index (χ0v) is 22.3. The molecule has 1 atom stereocenters.